The number of halogens is 4. The molecule has 0 radical (unpaired) electrons. The van der Waals surface area contributed by atoms with Crippen LogP contribution in [0.5, 0.6) is 5.75 Å². The van der Waals surface area contributed by atoms with Crippen molar-refractivity contribution in [1.82, 2.24) is 0 Å². The Kier molecular flexibility index (Phi) is 6.44. The van der Waals surface area contributed by atoms with Gasteiger partial charge in [0.05, 0.1) is 21.3 Å². The van der Waals surface area contributed by atoms with Crippen LogP contribution in [0.15, 0.2) is 25.6 Å². The van der Waals surface area contributed by atoms with Crippen molar-refractivity contribution in [3.8, 4) is 5.75 Å². The Balaban J connectivity index is 2.70. The van der Waals surface area contributed by atoms with E-state index in [9.17, 15) is 8.42 Å². The van der Waals surface area contributed by atoms with Gasteiger partial charge in [0, 0.05) is 21.1 Å². The third-order valence-corrected chi connectivity index (χ3v) is 4.94. The van der Waals surface area contributed by atoms with Crippen molar-refractivity contribution < 1.29 is 13.2 Å². The van der Waals surface area contributed by atoms with Gasteiger partial charge in [-0.2, -0.15) is 0 Å². The maximum absolute atomic E-state index is 10.9. The first-order valence-electron chi connectivity index (χ1n) is 4.88. The van der Waals surface area contributed by atoms with Crippen LogP contribution in [0.4, 0.5) is 0 Å². The smallest absolute Gasteiger partial charge is 0.232 e. The van der Waals surface area contributed by atoms with Gasteiger partial charge in [0.2, 0.25) is 9.05 Å². The van der Waals surface area contributed by atoms with Crippen molar-refractivity contribution in [1.29, 1.82) is 0 Å². The Morgan fingerprint density at radius 2 is 1.78 bits per heavy atom. The molecule has 0 amide bonds. The predicted molar refractivity (Wildman–Crippen MR) is 83.8 cm³/mol. The Morgan fingerprint density at radius 3 is 2.22 bits per heavy atom. The molecule has 0 aliphatic heterocycles. The summed E-state index contributed by atoms with van der Waals surface area (Å²) in [7, 11) is 1.69. The Hall–Kier alpha value is 0.700. The van der Waals surface area contributed by atoms with Crippen LogP contribution < -0.4 is 4.74 Å². The predicted octanol–water partition coefficient (Wildman–Crippen LogP) is 4.56. The first kappa shape index (κ1) is 16.8. The lowest BCUT2D eigenvalue weighted by Crippen LogP contribution is -2.16. The molecule has 0 spiro atoms. The molecule has 0 fully saturated rings. The van der Waals surface area contributed by atoms with Crippen molar-refractivity contribution in [2.45, 2.75) is 6.92 Å². The van der Waals surface area contributed by atoms with E-state index in [-0.39, 0.29) is 18.3 Å². The van der Waals surface area contributed by atoms with Gasteiger partial charge in [0.25, 0.3) is 0 Å². The van der Waals surface area contributed by atoms with E-state index >= 15 is 0 Å². The van der Waals surface area contributed by atoms with E-state index in [0.29, 0.717) is 5.75 Å². The van der Waals surface area contributed by atoms with Crippen molar-refractivity contribution in [2.75, 3.05) is 12.4 Å². The van der Waals surface area contributed by atoms with Gasteiger partial charge in [-0.25, -0.2) is 8.42 Å². The summed E-state index contributed by atoms with van der Waals surface area (Å²) in [4.78, 5) is 0. The monoisotopic (exact) mass is 482 g/mol. The zero-order valence-corrected chi connectivity index (χ0v) is 15.6. The lowest BCUT2D eigenvalue weighted by molar-refractivity contribution is 0.269. The van der Waals surface area contributed by atoms with E-state index in [1.165, 1.54) is 0 Å². The quantitative estimate of drug-likeness (QED) is 0.575. The molecule has 0 aliphatic carbocycles. The molecule has 0 saturated heterocycles. The van der Waals surface area contributed by atoms with Gasteiger partial charge in [-0.05, 0) is 44.0 Å². The number of rotatable bonds is 5. The van der Waals surface area contributed by atoms with Crippen LogP contribution in [0, 0.1) is 5.92 Å². The topological polar surface area (TPSA) is 43.4 Å². The summed E-state index contributed by atoms with van der Waals surface area (Å²) in [6.45, 7) is 2.03. The summed E-state index contributed by atoms with van der Waals surface area (Å²) < 4.78 is 29.9. The normalized spacial score (nSPS) is 13.4. The zero-order valence-electron chi connectivity index (χ0n) is 9.29. The van der Waals surface area contributed by atoms with Crippen molar-refractivity contribution in [2.24, 2.45) is 5.92 Å². The second-order valence-corrected chi connectivity index (χ2v) is 9.27. The van der Waals surface area contributed by atoms with Crippen LogP contribution in [-0.4, -0.2) is 20.8 Å². The lowest BCUT2D eigenvalue weighted by atomic mass is 10.2. The van der Waals surface area contributed by atoms with Gasteiger partial charge in [-0.15, -0.1) is 0 Å². The van der Waals surface area contributed by atoms with Crippen molar-refractivity contribution in [3.63, 3.8) is 0 Å². The minimum absolute atomic E-state index is 0.111. The summed E-state index contributed by atoms with van der Waals surface area (Å²) in [5.74, 6) is 0.340. The molecule has 0 saturated carbocycles. The van der Waals surface area contributed by atoms with E-state index in [0.717, 1.165) is 13.4 Å². The van der Waals surface area contributed by atoms with E-state index in [1.807, 2.05) is 12.1 Å². The van der Waals surface area contributed by atoms with Gasteiger partial charge in [-0.1, -0.05) is 22.9 Å². The van der Waals surface area contributed by atoms with Crippen LogP contribution in [0.25, 0.3) is 0 Å². The fourth-order valence-corrected chi connectivity index (χ4v) is 5.19. The van der Waals surface area contributed by atoms with Crippen molar-refractivity contribution in [3.05, 3.63) is 25.6 Å². The minimum atomic E-state index is -3.49. The Bertz CT molecular complexity index is 510. The summed E-state index contributed by atoms with van der Waals surface area (Å²) in [6, 6.07) is 3.70. The van der Waals surface area contributed by atoms with Gasteiger partial charge < -0.3 is 4.74 Å². The molecule has 8 heteroatoms. The molecule has 0 bridgehead atoms. The first-order valence-corrected chi connectivity index (χ1v) is 9.74. The lowest BCUT2D eigenvalue weighted by Gasteiger charge is -2.14. The van der Waals surface area contributed by atoms with E-state index in [4.69, 9.17) is 15.4 Å². The van der Waals surface area contributed by atoms with Crippen LogP contribution in [0.1, 0.15) is 6.92 Å². The third kappa shape index (κ3) is 5.77. The van der Waals surface area contributed by atoms with Gasteiger partial charge in [0.1, 0.15) is 5.75 Å². The maximum atomic E-state index is 10.9. The first-order chi connectivity index (χ1) is 8.19. The molecule has 1 aromatic carbocycles. The van der Waals surface area contributed by atoms with Gasteiger partial charge >= 0.3 is 0 Å². The fourth-order valence-electron chi connectivity index (χ4n) is 1.28. The second-order valence-electron chi connectivity index (χ2n) is 3.82. The van der Waals surface area contributed by atoms with E-state index < -0.39 is 9.05 Å². The molecule has 0 aliphatic rings. The Morgan fingerprint density at radius 1 is 1.28 bits per heavy atom. The average molecular weight is 485 g/mol. The SMILES string of the molecule is CC(COc1c(Br)cc(Br)cc1Br)CS(=O)(=O)Cl. The molecule has 0 aromatic heterocycles. The molecule has 102 valence electrons. The summed E-state index contributed by atoms with van der Waals surface area (Å²) >= 11 is 10.1. The summed E-state index contributed by atoms with van der Waals surface area (Å²) in [6.07, 6.45) is 0. The van der Waals surface area contributed by atoms with Crippen molar-refractivity contribution >= 4 is 67.5 Å². The molecule has 0 N–H and O–H groups in total. The van der Waals surface area contributed by atoms with Crippen LogP contribution >= 0.6 is 58.5 Å². The number of hydrogen-bond donors (Lipinski definition) is 0. The number of hydrogen-bond acceptors (Lipinski definition) is 3. The number of ether oxygens (including phenoxy) is 1. The highest BCUT2D eigenvalue weighted by Gasteiger charge is 2.15. The van der Waals surface area contributed by atoms with Gasteiger partial charge in [0.15, 0.2) is 0 Å². The molecule has 0 heterocycles. The zero-order chi connectivity index (χ0) is 13.9. The highest BCUT2D eigenvalue weighted by Crippen LogP contribution is 2.36. The minimum Gasteiger partial charge on any atom is -0.491 e. The average Bonchev–Trinajstić information content (AvgIpc) is 2.12. The highest BCUT2D eigenvalue weighted by atomic mass is 79.9. The molecule has 1 rings (SSSR count). The second kappa shape index (κ2) is 6.92. The molecule has 1 aromatic rings. The molecule has 1 unspecified atom stereocenters. The summed E-state index contributed by atoms with van der Waals surface area (Å²) in [5.41, 5.74) is 0. The largest absolute Gasteiger partial charge is 0.491 e. The summed E-state index contributed by atoms with van der Waals surface area (Å²) in [5, 5.41) is 0. The van der Waals surface area contributed by atoms with E-state index in [2.05, 4.69) is 47.8 Å². The fraction of sp³-hybridized carbons (Fsp3) is 0.400. The Labute approximate surface area is 136 Å². The molecule has 3 nitrogen and oxygen atoms in total. The van der Waals surface area contributed by atoms with E-state index in [1.54, 1.807) is 6.92 Å². The molecular weight excluding hydrogens is 475 g/mol. The number of benzene rings is 1. The molecule has 1 atom stereocenters. The third-order valence-electron chi connectivity index (χ3n) is 1.96. The van der Waals surface area contributed by atoms with Crippen LogP contribution in [-0.2, 0) is 9.05 Å². The molecule has 18 heavy (non-hydrogen) atoms. The van der Waals surface area contributed by atoms with Crippen LogP contribution in [0.3, 0.4) is 0 Å². The molecular formula is C10H10Br3ClO3S. The van der Waals surface area contributed by atoms with Gasteiger partial charge in [-0.3, -0.25) is 0 Å². The standard InChI is InChI=1S/C10H10Br3ClO3S/c1-6(5-18(14,15)16)4-17-10-8(12)2-7(11)3-9(10)13/h2-3,6H,4-5H2,1H3. The maximum Gasteiger partial charge on any atom is 0.232 e. The highest BCUT2D eigenvalue weighted by molar-refractivity contribution is 9.11. The van der Waals surface area contributed by atoms with Crippen LogP contribution in [0.2, 0.25) is 0 Å².